The van der Waals surface area contributed by atoms with E-state index in [0.29, 0.717) is 5.88 Å². The SMILES string of the molecule is Cc1csc(C(C)NC(=O)C(C)CCl)n1. The van der Waals surface area contributed by atoms with Crippen LogP contribution in [0.3, 0.4) is 0 Å². The molecule has 0 aliphatic rings. The third-order valence-electron chi connectivity index (χ3n) is 2.05. The highest BCUT2D eigenvalue weighted by Crippen LogP contribution is 2.17. The third-order valence-corrected chi connectivity index (χ3v) is 3.65. The van der Waals surface area contributed by atoms with Crippen LogP contribution in [0.25, 0.3) is 0 Å². The number of hydrogen-bond donors (Lipinski definition) is 1. The summed E-state index contributed by atoms with van der Waals surface area (Å²) in [6.07, 6.45) is 0. The molecule has 15 heavy (non-hydrogen) atoms. The van der Waals surface area contributed by atoms with Crippen LogP contribution in [0.4, 0.5) is 0 Å². The van der Waals surface area contributed by atoms with E-state index < -0.39 is 0 Å². The molecule has 0 spiro atoms. The van der Waals surface area contributed by atoms with Gasteiger partial charge in [0.2, 0.25) is 5.91 Å². The summed E-state index contributed by atoms with van der Waals surface area (Å²) in [6, 6.07) is -0.0399. The largest absolute Gasteiger partial charge is 0.347 e. The lowest BCUT2D eigenvalue weighted by atomic mass is 10.2. The highest BCUT2D eigenvalue weighted by molar-refractivity contribution is 7.09. The van der Waals surface area contributed by atoms with Gasteiger partial charge in [0, 0.05) is 22.9 Å². The van der Waals surface area contributed by atoms with Gasteiger partial charge in [-0.25, -0.2) is 4.98 Å². The summed E-state index contributed by atoms with van der Waals surface area (Å²) in [5.41, 5.74) is 0.987. The number of alkyl halides is 1. The maximum atomic E-state index is 11.5. The van der Waals surface area contributed by atoms with Crippen LogP contribution >= 0.6 is 22.9 Å². The summed E-state index contributed by atoms with van der Waals surface area (Å²) < 4.78 is 0. The van der Waals surface area contributed by atoms with Crippen molar-refractivity contribution >= 4 is 28.8 Å². The molecule has 0 saturated carbocycles. The number of rotatable bonds is 4. The van der Waals surface area contributed by atoms with Crippen molar-refractivity contribution in [1.29, 1.82) is 0 Å². The van der Waals surface area contributed by atoms with Crippen LogP contribution in [0.1, 0.15) is 30.6 Å². The summed E-state index contributed by atoms with van der Waals surface area (Å²) in [6.45, 7) is 5.68. The zero-order chi connectivity index (χ0) is 11.4. The number of aryl methyl sites for hydroxylation is 1. The number of nitrogens with zero attached hydrogens (tertiary/aromatic N) is 1. The highest BCUT2D eigenvalue weighted by atomic mass is 35.5. The Morgan fingerprint density at radius 1 is 1.67 bits per heavy atom. The molecule has 0 bridgehead atoms. The molecule has 0 aliphatic heterocycles. The first-order valence-electron chi connectivity index (χ1n) is 4.83. The molecule has 1 aromatic rings. The lowest BCUT2D eigenvalue weighted by molar-refractivity contribution is -0.124. The Kier molecular flexibility index (Phi) is 4.54. The molecule has 1 N–H and O–H groups in total. The summed E-state index contributed by atoms with van der Waals surface area (Å²) in [5, 5.41) is 5.79. The number of thiazole rings is 1. The Morgan fingerprint density at radius 2 is 2.33 bits per heavy atom. The van der Waals surface area contributed by atoms with E-state index in [2.05, 4.69) is 10.3 Å². The number of aromatic nitrogens is 1. The zero-order valence-corrected chi connectivity index (χ0v) is 10.7. The molecule has 0 fully saturated rings. The third kappa shape index (κ3) is 3.47. The first-order chi connectivity index (χ1) is 7.04. The van der Waals surface area contributed by atoms with Crippen molar-refractivity contribution < 1.29 is 4.79 Å². The van der Waals surface area contributed by atoms with Crippen molar-refractivity contribution in [2.45, 2.75) is 26.8 Å². The summed E-state index contributed by atoms with van der Waals surface area (Å²) in [4.78, 5) is 15.9. The number of carbonyl (C=O) groups is 1. The number of halogens is 1. The number of hydrogen-bond acceptors (Lipinski definition) is 3. The Labute approximate surface area is 98.9 Å². The van der Waals surface area contributed by atoms with Gasteiger partial charge in [0.05, 0.1) is 6.04 Å². The van der Waals surface area contributed by atoms with Crippen molar-refractivity contribution in [3.05, 3.63) is 16.1 Å². The van der Waals surface area contributed by atoms with Crippen LogP contribution in [-0.4, -0.2) is 16.8 Å². The quantitative estimate of drug-likeness (QED) is 0.830. The van der Waals surface area contributed by atoms with Crippen molar-refractivity contribution in [2.24, 2.45) is 5.92 Å². The van der Waals surface area contributed by atoms with Crippen LogP contribution in [-0.2, 0) is 4.79 Å². The minimum atomic E-state index is -0.157. The first-order valence-corrected chi connectivity index (χ1v) is 6.24. The minimum Gasteiger partial charge on any atom is -0.347 e. The second-order valence-corrected chi connectivity index (χ2v) is 4.81. The molecule has 1 heterocycles. The van der Waals surface area contributed by atoms with Gasteiger partial charge in [-0.1, -0.05) is 6.92 Å². The number of carbonyl (C=O) groups excluding carboxylic acids is 1. The summed E-state index contributed by atoms with van der Waals surface area (Å²) >= 11 is 7.17. The van der Waals surface area contributed by atoms with Gasteiger partial charge >= 0.3 is 0 Å². The highest BCUT2D eigenvalue weighted by Gasteiger charge is 2.16. The Hall–Kier alpha value is -0.610. The second kappa shape index (κ2) is 5.47. The van der Waals surface area contributed by atoms with E-state index >= 15 is 0 Å². The fourth-order valence-electron chi connectivity index (χ4n) is 1.06. The lowest BCUT2D eigenvalue weighted by Gasteiger charge is -2.14. The lowest BCUT2D eigenvalue weighted by Crippen LogP contribution is -2.32. The molecule has 0 saturated heterocycles. The monoisotopic (exact) mass is 246 g/mol. The molecule has 3 nitrogen and oxygen atoms in total. The van der Waals surface area contributed by atoms with Gasteiger partial charge < -0.3 is 5.32 Å². The molecule has 1 rings (SSSR count). The predicted octanol–water partition coefficient (Wildman–Crippen LogP) is 2.50. The Bertz CT molecular complexity index is 340. The Balaban J connectivity index is 2.56. The van der Waals surface area contributed by atoms with Gasteiger partial charge in [0.25, 0.3) is 0 Å². The van der Waals surface area contributed by atoms with Crippen LogP contribution in [0.15, 0.2) is 5.38 Å². The van der Waals surface area contributed by atoms with Crippen molar-refractivity contribution in [3.63, 3.8) is 0 Å². The van der Waals surface area contributed by atoms with Gasteiger partial charge in [-0.15, -0.1) is 22.9 Å². The molecule has 2 unspecified atom stereocenters. The van der Waals surface area contributed by atoms with Crippen LogP contribution in [0, 0.1) is 12.8 Å². The topological polar surface area (TPSA) is 42.0 Å². The molecule has 1 amide bonds. The smallest absolute Gasteiger partial charge is 0.224 e. The van der Waals surface area contributed by atoms with Gasteiger partial charge in [-0.2, -0.15) is 0 Å². The van der Waals surface area contributed by atoms with E-state index in [-0.39, 0.29) is 17.9 Å². The van der Waals surface area contributed by atoms with Crippen molar-refractivity contribution in [2.75, 3.05) is 5.88 Å². The van der Waals surface area contributed by atoms with E-state index in [1.165, 1.54) is 0 Å². The van der Waals surface area contributed by atoms with E-state index in [1.54, 1.807) is 11.3 Å². The van der Waals surface area contributed by atoms with Gasteiger partial charge in [0.15, 0.2) is 0 Å². The van der Waals surface area contributed by atoms with Crippen LogP contribution in [0.5, 0.6) is 0 Å². The summed E-state index contributed by atoms with van der Waals surface area (Å²) in [5.74, 6) is 0.163. The van der Waals surface area contributed by atoms with Crippen LogP contribution < -0.4 is 5.32 Å². The van der Waals surface area contributed by atoms with Gasteiger partial charge in [-0.3, -0.25) is 4.79 Å². The molecule has 5 heteroatoms. The molecule has 2 atom stereocenters. The maximum Gasteiger partial charge on any atom is 0.224 e. The number of amides is 1. The fourth-order valence-corrected chi connectivity index (χ4v) is 2.00. The first kappa shape index (κ1) is 12.5. The molecule has 0 aliphatic carbocycles. The van der Waals surface area contributed by atoms with Gasteiger partial charge in [0.1, 0.15) is 5.01 Å². The molecule has 84 valence electrons. The summed E-state index contributed by atoms with van der Waals surface area (Å²) in [7, 11) is 0. The van der Waals surface area contributed by atoms with E-state index in [1.807, 2.05) is 26.2 Å². The van der Waals surface area contributed by atoms with Gasteiger partial charge in [-0.05, 0) is 13.8 Å². The van der Waals surface area contributed by atoms with E-state index in [4.69, 9.17) is 11.6 Å². The number of nitrogens with one attached hydrogen (secondary N) is 1. The molecule has 0 radical (unpaired) electrons. The zero-order valence-electron chi connectivity index (χ0n) is 9.08. The molecule has 0 aromatic carbocycles. The van der Waals surface area contributed by atoms with Crippen molar-refractivity contribution in [3.8, 4) is 0 Å². The average Bonchev–Trinajstić information content (AvgIpc) is 2.63. The Morgan fingerprint density at radius 3 is 2.80 bits per heavy atom. The van der Waals surface area contributed by atoms with E-state index in [0.717, 1.165) is 10.7 Å². The van der Waals surface area contributed by atoms with Crippen LogP contribution in [0.2, 0.25) is 0 Å². The average molecular weight is 247 g/mol. The van der Waals surface area contributed by atoms with E-state index in [9.17, 15) is 4.79 Å². The fraction of sp³-hybridized carbons (Fsp3) is 0.600. The van der Waals surface area contributed by atoms with Crippen molar-refractivity contribution in [1.82, 2.24) is 10.3 Å². The second-order valence-electron chi connectivity index (χ2n) is 3.61. The molecule has 1 aromatic heterocycles. The standard InChI is InChI=1S/C10H15ClN2OS/c1-6(4-11)9(14)13-8(3)10-12-7(2)5-15-10/h5-6,8H,4H2,1-3H3,(H,13,14). The molecular weight excluding hydrogens is 232 g/mol. The normalized spacial score (nSPS) is 14.7. The minimum absolute atomic E-state index is 0.0228. The maximum absolute atomic E-state index is 11.5. The predicted molar refractivity (Wildman–Crippen MR) is 63.3 cm³/mol. The molecular formula is C10H15ClN2OS.